The maximum absolute atomic E-state index is 10.9. The Kier molecular flexibility index (Phi) is 8.65. The fraction of sp³-hybridized carbons (Fsp3) is 0.200. The minimum absolute atomic E-state index is 0.257. The summed E-state index contributed by atoms with van der Waals surface area (Å²) in [5.74, 6) is 0.523. The molecule has 0 radical (unpaired) electrons. The van der Waals surface area contributed by atoms with E-state index in [4.69, 9.17) is 26.1 Å². The summed E-state index contributed by atoms with van der Waals surface area (Å²) in [7, 11) is -4.13. The van der Waals surface area contributed by atoms with Gasteiger partial charge in [-0.25, -0.2) is 0 Å². The van der Waals surface area contributed by atoms with Gasteiger partial charge in [0, 0.05) is 5.88 Å². The third-order valence-corrected chi connectivity index (χ3v) is 5.58. The maximum atomic E-state index is 10.9. The van der Waals surface area contributed by atoms with Gasteiger partial charge in [0.25, 0.3) is 0 Å². The first-order chi connectivity index (χ1) is 15.0. The molecule has 0 spiro atoms. The summed E-state index contributed by atoms with van der Waals surface area (Å²) in [4.78, 5) is 17.8. The Labute approximate surface area is 188 Å². The highest BCUT2D eigenvalue weighted by atomic mass is 35.5. The third kappa shape index (κ3) is 7.17. The molecular formula is C25H26ClO4P. The molecule has 3 aromatic carbocycles. The quantitative estimate of drug-likeness (QED) is 0.171. The molecule has 0 amide bonds. The fourth-order valence-electron chi connectivity index (χ4n) is 3.48. The number of alkyl halides is 1. The first kappa shape index (κ1) is 23.5. The first-order valence-corrected chi connectivity index (χ1v) is 12.4. The zero-order valence-corrected chi connectivity index (χ0v) is 18.8. The number of allylic oxidation sites excluding steroid dienone is 1. The van der Waals surface area contributed by atoms with Crippen molar-refractivity contribution in [3.05, 3.63) is 107 Å². The lowest BCUT2D eigenvalue weighted by molar-refractivity contribution is 0.160. The lowest BCUT2D eigenvalue weighted by Gasteiger charge is -2.17. The SMILES string of the molecule is O=P(O)(O)COCCc1ccc(C(=C(CCCl)c2ccccc2)c2ccccc2)cc1. The maximum Gasteiger partial charge on any atom is 0.350 e. The highest BCUT2D eigenvalue weighted by Gasteiger charge is 2.14. The highest BCUT2D eigenvalue weighted by Crippen LogP contribution is 2.35. The molecule has 0 unspecified atom stereocenters. The second-order valence-electron chi connectivity index (χ2n) is 7.17. The highest BCUT2D eigenvalue weighted by molar-refractivity contribution is 7.51. The summed E-state index contributed by atoms with van der Waals surface area (Å²) in [5.41, 5.74) is 6.76. The van der Waals surface area contributed by atoms with E-state index >= 15 is 0 Å². The van der Waals surface area contributed by atoms with Crippen LogP contribution in [0.15, 0.2) is 84.9 Å². The smallest absolute Gasteiger partial charge is 0.350 e. The number of benzene rings is 3. The summed E-state index contributed by atoms with van der Waals surface area (Å²) in [6.07, 6.45) is 0.774. The van der Waals surface area contributed by atoms with E-state index in [-0.39, 0.29) is 6.61 Å². The van der Waals surface area contributed by atoms with Gasteiger partial charge in [0.15, 0.2) is 0 Å². The van der Waals surface area contributed by atoms with Crippen molar-refractivity contribution in [3.8, 4) is 0 Å². The second-order valence-corrected chi connectivity index (χ2v) is 9.14. The zero-order chi connectivity index (χ0) is 22.1. The topological polar surface area (TPSA) is 66.8 Å². The van der Waals surface area contributed by atoms with E-state index in [1.165, 1.54) is 5.57 Å². The van der Waals surface area contributed by atoms with Gasteiger partial charge in [-0.2, -0.15) is 0 Å². The molecule has 6 heteroatoms. The number of hydrogen-bond acceptors (Lipinski definition) is 2. The molecule has 0 aromatic heterocycles. The molecule has 31 heavy (non-hydrogen) atoms. The molecule has 162 valence electrons. The van der Waals surface area contributed by atoms with Crippen molar-refractivity contribution >= 4 is 30.3 Å². The van der Waals surface area contributed by atoms with Gasteiger partial charge in [0.05, 0.1) is 6.61 Å². The molecule has 0 bridgehead atoms. The average Bonchev–Trinajstić information content (AvgIpc) is 2.78. The van der Waals surface area contributed by atoms with Crippen LogP contribution in [0.4, 0.5) is 0 Å². The van der Waals surface area contributed by atoms with E-state index in [1.54, 1.807) is 0 Å². The van der Waals surface area contributed by atoms with E-state index in [0.717, 1.165) is 34.2 Å². The van der Waals surface area contributed by atoms with Gasteiger partial charge in [0.2, 0.25) is 0 Å². The Balaban J connectivity index is 1.93. The van der Waals surface area contributed by atoms with Crippen molar-refractivity contribution in [2.75, 3.05) is 18.8 Å². The monoisotopic (exact) mass is 456 g/mol. The Hall–Kier alpha value is -2.20. The van der Waals surface area contributed by atoms with E-state index < -0.39 is 13.9 Å². The molecule has 0 aliphatic carbocycles. The predicted molar refractivity (Wildman–Crippen MR) is 127 cm³/mol. The van der Waals surface area contributed by atoms with E-state index in [1.807, 2.05) is 48.5 Å². The Morgan fingerprint density at radius 3 is 1.90 bits per heavy atom. The van der Waals surface area contributed by atoms with Crippen LogP contribution >= 0.6 is 19.2 Å². The van der Waals surface area contributed by atoms with Crippen LogP contribution in [-0.4, -0.2) is 28.6 Å². The number of hydrogen-bond donors (Lipinski definition) is 2. The van der Waals surface area contributed by atoms with E-state index in [9.17, 15) is 4.57 Å². The molecule has 3 rings (SSSR count). The van der Waals surface area contributed by atoms with Crippen molar-refractivity contribution in [1.29, 1.82) is 0 Å². The minimum atomic E-state index is -4.13. The summed E-state index contributed by atoms with van der Waals surface area (Å²) >= 11 is 6.19. The zero-order valence-electron chi connectivity index (χ0n) is 17.2. The van der Waals surface area contributed by atoms with Crippen LogP contribution in [0.5, 0.6) is 0 Å². The summed E-state index contributed by atoms with van der Waals surface area (Å²) in [6, 6.07) is 28.8. The molecule has 0 saturated heterocycles. The van der Waals surface area contributed by atoms with Crippen LogP contribution in [0.1, 0.15) is 28.7 Å². The van der Waals surface area contributed by atoms with Crippen LogP contribution in [0.25, 0.3) is 11.1 Å². The number of halogens is 1. The molecule has 4 nitrogen and oxygen atoms in total. The molecule has 0 aliphatic rings. The van der Waals surface area contributed by atoms with Crippen molar-refractivity contribution in [2.24, 2.45) is 0 Å². The van der Waals surface area contributed by atoms with Gasteiger partial charge in [-0.1, -0.05) is 84.9 Å². The van der Waals surface area contributed by atoms with E-state index in [0.29, 0.717) is 12.3 Å². The molecule has 0 heterocycles. The van der Waals surface area contributed by atoms with Gasteiger partial charge >= 0.3 is 7.60 Å². The molecular weight excluding hydrogens is 431 g/mol. The van der Waals surface area contributed by atoms with Crippen molar-refractivity contribution in [1.82, 2.24) is 0 Å². The van der Waals surface area contributed by atoms with Crippen LogP contribution in [0.3, 0.4) is 0 Å². The first-order valence-electron chi connectivity index (χ1n) is 10.1. The minimum Gasteiger partial charge on any atom is -0.368 e. The molecule has 0 atom stereocenters. The molecule has 3 aromatic rings. The van der Waals surface area contributed by atoms with Crippen LogP contribution in [0, 0.1) is 0 Å². The summed E-state index contributed by atoms with van der Waals surface area (Å²) in [6.45, 7) is 0.257. The second kappa shape index (κ2) is 11.4. The molecule has 0 fully saturated rings. The largest absolute Gasteiger partial charge is 0.368 e. The van der Waals surface area contributed by atoms with Crippen molar-refractivity contribution in [2.45, 2.75) is 12.8 Å². The van der Waals surface area contributed by atoms with Crippen molar-refractivity contribution < 1.29 is 19.1 Å². The Morgan fingerprint density at radius 1 is 0.806 bits per heavy atom. The lowest BCUT2D eigenvalue weighted by atomic mass is 9.88. The molecule has 0 saturated carbocycles. The van der Waals surface area contributed by atoms with Crippen molar-refractivity contribution in [3.63, 3.8) is 0 Å². The number of rotatable bonds is 10. The number of ether oxygens (including phenoxy) is 1. The fourth-order valence-corrected chi connectivity index (χ4v) is 4.03. The predicted octanol–water partition coefficient (Wildman–Crippen LogP) is 5.97. The Morgan fingerprint density at radius 2 is 1.35 bits per heavy atom. The van der Waals surface area contributed by atoms with Crippen LogP contribution in [-0.2, 0) is 15.7 Å². The van der Waals surface area contributed by atoms with Crippen LogP contribution < -0.4 is 0 Å². The van der Waals surface area contributed by atoms with Gasteiger partial charge in [0.1, 0.15) is 6.35 Å². The van der Waals surface area contributed by atoms with E-state index in [2.05, 4.69) is 36.4 Å². The van der Waals surface area contributed by atoms with Gasteiger partial charge in [-0.05, 0) is 46.2 Å². The van der Waals surface area contributed by atoms with Crippen LogP contribution in [0.2, 0.25) is 0 Å². The lowest BCUT2D eigenvalue weighted by Crippen LogP contribution is -2.01. The molecule has 0 aliphatic heterocycles. The van der Waals surface area contributed by atoms with Gasteiger partial charge in [-0.3, -0.25) is 4.57 Å². The standard InChI is InChI=1S/C25H26ClO4P/c26-17-15-24(21-7-3-1-4-8-21)25(22-9-5-2-6-10-22)23-13-11-20(12-14-23)16-18-30-19-31(27,28)29/h1-14H,15-19H2,(H2,27,28,29). The van der Waals surface area contributed by atoms with Gasteiger partial charge in [-0.15, -0.1) is 11.6 Å². The Bertz CT molecular complexity index is 1030. The summed E-state index contributed by atoms with van der Waals surface area (Å²) < 4.78 is 16.0. The summed E-state index contributed by atoms with van der Waals surface area (Å²) in [5, 5.41) is 0. The normalized spacial score (nSPS) is 12.5. The van der Waals surface area contributed by atoms with Gasteiger partial charge < -0.3 is 14.5 Å². The molecule has 2 N–H and O–H groups in total. The average molecular weight is 457 g/mol. The third-order valence-electron chi connectivity index (χ3n) is 4.87.